The summed E-state index contributed by atoms with van der Waals surface area (Å²) in [7, 11) is 1.60. The van der Waals surface area contributed by atoms with E-state index in [4.69, 9.17) is 4.84 Å². The number of halogens is 1. The Balaban J connectivity index is 0.000000980. The molecule has 0 spiro atoms. The van der Waals surface area contributed by atoms with Crippen LogP contribution < -0.4 is 5.48 Å². The lowest BCUT2D eigenvalue weighted by Crippen LogP contribution is -2.24. The number of benzene rings is 1. The minimum absolute atomic E-state index is 0. The fraction of sp³-hybridized carbons (Fsp3) is 0.300. The van der Waals surface area contributed by atoms with Gasteiger partial charge in [-0.3, -0.25) is 10.3 Å². The minimum Gasteiger partial charge on any atom is -0.278 e. The maximum atomic E-state index is 4.82. The van der Waals surface area contributed by atoms with E-state index in [0.29, 0.717) is 0 Å². The fourth-order valence-corrected chi connectivity index (χ4v) is 1.48. The van der Waals surface area contributed by atoms with Crippen molar-refractivity contribution in [3.05, 3.63) is 29.8 Å². The standard InChI is InChI=1S/C10H12N2O.ClH/c1-13-12-10-7-6-8-4-2-3-5-9(8)11-10;/h2-5H,6-7H2,1H3,(H,11,12);1H. The topological polar surface area (TPSA) is 33.6 Å². The number of rotatable bonds is 1. The lowest BCUT2D eigenvalue weighted by atomic mass is 10.0. The number of nitrogens with zero attached hydrogens (tertiary/aromatic N) is 1. The van der Waals surface area contributed by atoms with E-state index in [0.717, 1.165) is 24.4 Å². The van der Waals surface area contributed by atoms with E-state index >= 15 is 0 Å². The van der Waals surface area contributed by atoms with E-state index in [2.05, 4.69) is 16.5 Å². The van der Waals surface area contributed by atoms with E-state index < -0.39 is 0 Å². The SMILES string of the molecule is CONC1=Nc2ccccc2CC1.Cl. The van der Waals surface area contributed by atoms with E-state index in [1.807, 2.05) is 18.2 Å². The Bertz CT molecular complexity index is 339. The first-order chi connectivity index (χ1) is 6.40. The van der Waals surface area contributed by atoms with Crippen molar-refractivity contribution in [2.24, 2.45) is 4.99 Å². The molecule has 14 heavy (non-hydrogen) atoms. The van der Waals surface area contributed by atoms with Gasteiger partial charge in [0.2, 0.25) is 0 Å². The monoisotopic (exact) mass is 212 g/mol. The summed E-state index contributed by atoms with van der Waals surface area (Å²) < 4.78 is 0. The van der Waals surface area contributed by atoms with Gasteiger partial charge in [-0.2, -0.15) is 0 Å². The van der Waals surface area contributed by atoms with Crippen molar-refractivity contribution in [3.8, 4) is 0 Å². The third kappa shape index (κ3) is 2.25. The van der Waals surface area contributed by atoms with Gasteiger partial charge in [-0.1, -0.05) is 18.2 Å². The molecule has 1 aliphatic heterocycles. The molecule has 0 radical (unpaired) electrons. The molecule has 1 heterocycles. The molecule has 0 saturated carbocycles. The molecule has 76 valence electrons. The van der Waals surface area contributed by atoms with Crippen molar-refractivity contribution >= 4 is 23.9 Å². The Kier molecular flexibility index (Phi) is 3.92. The van der Waals surface area contributed by atoms with Crippen LogP contribution in [0.3, 0.4) is 0 Å². The average Bonchev–Trinajstić information content (AvgIpc) is 2.18. The molecule has 0 aromatic heterocycles. The Hall–Kier alpha value is -1.06. The van der Waals surface area contributed by atoms with Crippen molar-refractivity contribution in [1.29, 1.82) is 0 Å². The normalized spacial score (nSPS) is 13.6. The van der Waals surface area contributed by atoms with Crippen LogP contribution >= 0.6 is 12.4 Å². The second kappa shape index (κ2) is 4.98. The van der Waals surface area contributed by atoms with Crippen LogP contribution in [-0.2, 0) is 11.3 Å². The molecule has 1 aliphatic rings. The van der Waals surface area contributed by atoms with Gasteiger partial charge in [0, 0.05) is 6.42 Å². The zero-order chi connectivity index (χ0) is 9.10. The summed E-state index contributed by atoms with van der Waals surface area (Å²) in [5, 5.41) is 0. The van der Waals surface area contributed by atoms with Gasteiger partial charge in [-0.05, 0) is 18.1 Å². The Morgan fingerprint density at radius 2 is 2.07 bits per heavy atom. The van der Waals surface area contributed by atoms with Gasteiger partial charge in [-0.15, -0.1) is 12.4 Å². The number of aryl methyl sites for hydroxylation is 1. The van der Waals surface area contributed by atoms with Crippen LogP contribution in [0.2, 0.25) is 0 Å². The summed E-state index contributed by atoms with van der Waals surface area (Å²) in [6, 6.07) is 8.18. The quantitative estimate of drug-likeness (QED) is 0.725. The van der Waals surface area contributed by atoms with Gasteiger partial charge in [0.05, 0.1) is 12.8 Å². The zero-order valence-electron chi connectivity index (χ0n) is 7.99. The smallest absolute Gasteiger partial charge is 0.126 e. The lowest BCUT2D eigenvalue weighted by molar-refractivity contribution is 0.142. The molecule has 4 heteroatoms. The van der Waals surface area contributed by atoms with E-state index in [9.17, 15) is 0 Å². The van der Waals surface area contributed by atoms with Crippen LogP contribution in [0.25, 0.3) is 0 Å². The highest BCUT2D eigenvalue weighted by molar-refractivity contribution is 5.86. The summed E-state index contributed by atoms with van der Waals surface area (Å²) in [6.45, 7) is 0. The molecule has 2 rings (SSSR count). The van der Waals surface area contributed by atoms with Crippen LogP contribution in [0.5, 0.6) is 0 Å². The summed E-state index contributed by atoms with van der Waals surface area (Å²) in [4.78, 5) is 9.23. The van der Waals surface area contributed by atoms with Gasteiger partial charge in [0.15, 0.2) is 0 Å². The third-order valence-electron chi connectivity index (χ3n) is 2.10. The third-order valence-corrected chi connectivity index (χ3v) is 2.10. The predicted molar refractivity (Wildman–Crippen MR) is 59.3 cm³/mol. The number of fused-ring (bicyclic) bond motifs is 1. The molecular formula is C10H13ClN2O. The first-order valence-corrected chi connectivity index (χ1v) is 4.34. The zero-order valence-corrected chi connectivity index (χ0v) is 8.80. The second-order valence-electron chi connectivity index (χ2n) is 2.99. The maximum absolute atomic E-state index is 4.82. The highest BCUT2D eigenvalue weighted by atomic mass is 35.5. The minimum atomic E-state index is 0. The molecule has 0 bridgehead atoms. The molecule has 0 fully saturated rings. The molecule has 3 nitrogen and oxygen atoms in total. The largest absolute Gasteiger partial charge is 0.278 e. The van der Waals surface area contributed by atoms with Crippen molar-refractivity contribution in [2.75, 3.05) is 7.11 Å². The van der Waals surface area contributed by atoms with Gasteiger partial charge in [0.25, 0.3) is 0 Å². The van der Waals surface area contributed by atoms with Gasteiger partial charge < -0.3 is 0 Å². The van der Waals surface area contributed by atoms with Crippen molar-refractivity contribution in [3.63, 3.8) is 0 Å². The first-order valence-electron chi connectivity index (χ1n) is 4.34. The van der Waals surface area contributed by atoms with Gasteiger partial charge in [0.1, 0.15) is 5.84 Å². The summed E-state index contributed by atoms with van der Waals surface area (Å²) in [5.41, 5.74) is 5.13. The van der Waals surface area contributed by atoms with Crippen molar-refractivity contribution in [1.82, 2.24) is 5.48 Å². The van der Waals surface area contributed by atoms with Crippen LogP contribution in [0.4, 0.5) is 5.69 Å². The van der Waals surface area contributed by atoms with E-state index in [1.165, 1.54) is 5.56 Å². The Morgan fingerprint density at radius 1 is 1.29 bits per heavy atom. The Labute approximate surface area is 89.6 Å². The molecule has 0 aliphatic carbocycles. The molecule has 0 amide bonds. The molecule has 0 atom stereocenters. The Morgan fingerprint density at radius 3 is 2.86 bits per heavy atom. The molecule has 0 unspecified atom stereocenters. The van der Waals surface area contributed by atoms with E-state index in [1.54, 1.807) is 7.11 Å². The van der Waals surface area contributed by atoms with E-state index in [-0.39, 0.29) is 12.4 Å². The van der Waals surface area contributed by atoms with Gasteiger partial charge in [-0.25, -0.2) is 4.99 Å². The first kappa shape index (κ1) is 11.0. The molecule has 1 aromatic rings. The molecular weight excluding hydrogens is 200 g/mol. The molecule has 0 saturated heterocycles. The number of hydrogen-bond donors (Lipinski definition) is 1. The summed E-state index contributed by atoms with van der Waals surface area (Å²) in [6.07, 6.45) is 1.95. The second-order valence-corrected chi connectivity index (χ2v) is 2.99. The average molecular weight is 213 g/mol. The van der Waals surface area contributed by atoms with Crippen LogP contribution in [0, 0.1) is 0 Å². The highest BCUT2D eigenvalue weighted by Crippen LogP contribution is 2.24. The maximum Gasteiger partial charge on any atom is 0.126 e. The van der Waals surface area contributed by atoms with Crippen LogP contribution in [0.15, 0.2) is 29.3 Å². The van der Waals surface area contributed by atoms with Crippen LogP contribution in [-0.4, -0.2) is 12.9 Å². The predicted octanol–water partition coefficient (Wildman–Crippen LogP) is 2.24. The number of aliphatic imine (C=N–C) groups is 1. The fourth-order valence-electron chi connectivity index (χ4n) is 1.48. The number of nitrogens with one attached hydrogen (secondary N) is 1. The number of amidine groups is 1. The summed E-state index contributed by atoms with van der Waals surface area (Å²) in [5.74, 6) is 0.904. The molecule has 1 N–H and O–H groups in total. The van der Waals surface area contributed by atoms with Crippen molar-refractivity contribution in [2.45, 2.75) is 12.8 Å². The lowest BCUT2D eigenvalue weighted by Gasteiger charge is -2.14. The number of hydrogen-bond acceptors (Lipinski definition) is 3. The van der Waals surface area contributed by atoms with Crippen molar-refractivity contribution < 1.29 is 4.84 Å². The van der Waals surface area contributed by atoms with Gasteiger partial charge >= 0.3 is 0 Å². The molecule has 1 aromatic carbocycles. The number of para-hydroxylation sites is 1. The highest BCUT2D eigenvalue weighted by Gasteiger charge is 2.10. The van der Waals surface area contributed by atoms with Crippen LogP contribution in [0.1, 0.15) is 12.0 Å². The number of hydroxylamine groups is 1. The summed E-state index contributed by atoms with van der Waals surface area (Å²) >= 11 is 0.